The van der Waals surface area contributed by atoms with E-state index in [9.17, 15) is 0 Å². The lowest BCUT2D eigenvalue weighted by molar-refractivity contribution is 0.239. The van der Waals surface area contributed by atoms with Crippen LogP contribution in [0.15, 0.2) is 24.3 Å². The van der Waals surface area contributed by atoms with Gasteiger partial charge in [0.05, 0.1) is 0 Å². The number of nitrogens with two attached hydrogens (primary N) is 1. The first kappa shape index (κ1) is 13.6. The number of rotatable bonds is 5. The standard InChI is InChI=1S/C16H26N2/c1-3-14-8-6-11-18(14)12-10-16(17)15-9-5-4-7-13(15)2/h4-5,7,9,14,16H,3,6,8,10-12,17H2,1-2H3. The summed E-state index contributed by atoms with van der Waals surface area (Å²) in [4.78, 5) is 2.62. The van der Waals surface area contributed by atoms with Gasteiger partial charge in [0.2, 0.25) is 0 Å². The summed E-state index contributed by atoms with van der Waals surface area (Å²) in [5.41, 5.74) is 8.96. The summed E-state index contributed by atoms with van der Waals surface area (Å²) < 4.78 is 0. The number of benzene rings is 1. The second-order valence-electron chi connectivity index (χ2n) is 5.49. The summed E-state index contributed by atoms with van der Waals surface area (Å²) in [7, 11) is 0. The van der Waals surface area contributed by atoms with Crippen LogP contribution >= 0.6 is 0 Å². The van der Waals surface area contributed by atoms with Gasteiger partial charge in [0.25, 0.3) is 0 Å². The van der Waals surface area contributed by atoms with Crippen molar-refractivity contribution in [1.82, 2.24) is 4.90 Å². The molecule has 2 rings (SSSR count). The molecule has 2 atom stereocenters. The van der Waals surface area contributed by atoms with E-state index in [2.05, 4.69) is 43.0 Å². The minimum absolute atomic E-state index is 0.185. The number of hydrogen-bond acceptors (Lipinski definition) is 2. The van der Waals surface area contributed by atoms with Crippen LogP contribution in [-0.2, 0) is 0 Å². The molecular weight excluding hydrogens is 220 g/mol. The molecule has 0 amide bonds. The van der Waals surface area contributed by atoms with Crippen molar-refractivity contribution in [2.45, 2.75) is 51.6 Å². The van der Waals surface area contributed by atoms with Crippen LogP contribution < -0.4 is 5.73 Å². The lowest BCUT2D eigenvalue weighted by Gasteiger charge is -2.25. The Bertz CT molecular complexity index is 375. The monoisotopic (exact) mass is 246 g/mol. The lowest BCUT2D eigenvalue weighted by Crippen LogP contribution is -2.31. The van der Waals surface area contributed by atoms with Crippen LogP contribution in [0.2, 0.25) is 0 Å². The largest absolute Gasteiger partial charge is 0.324 e. The summed E-state index contributed by atoms with van der Waals surface area (Å²) in [6, 6.07) is 9.48. The van der Waals surface area contributed by atoms with Gasteiger partial charge in [0.15, 0.2) is 0 Å². The summed E-state index contributed by atoms with van der Waals surface area (Å²) in [6.45, 7) is 6.86. The molecule has 18 heavy (non-hydrogen) atoms. The Balaban J connectivity index is 1.88. The Morgan fingerprint density at radius 2 is 2.17 bits per heavy atom. The van der Waals surface area contributed by atoms with Gasteiger partial charge in [-0.25, -0.2) is 0 Å². The minimum atomic E-state index is 0.185. The Hall–Kier alpha value is -0.860. The van der Waals surface area contributed by atoms with Crippen molar-refractivity contribution in [1.29, 1.82) is 0 Å². The zero-order valence-electron chi connectivity index (χ0n) is 11.7. The molecule has 1 heterocycles. The smallest absolute Gasteiger partial charge is 0.0309 e. The van der Waals surface area contributed by atoms with Crippen molar-refractivity contribution in [2.24, 2.45) is 5.73 Å². The van der Waals surface area contributed by atoms with E-state index in [0.717, 1.165) is 19.0 Å². The minimum Gasteiger partial charge on any atom is -0.324 e. The summed E-state index contributed by atoms with van der Waals surface area (Å²) in [6.07, 6.45) is 5.08. The molecular formula is C16H26N2. The maximum absolute atomic E-state index is 6.33. The van der Waals surface area contributed by atoms with Gasteiger partial charge < -0.3 is 10.6 Å². The predicted molar refractivity (Wildman–Crippen MR) is 77.6 cm³/mol. The first-order chi connectivity index (χ1) is 8.72. The third-order valence-electron chi connectivity index (χ3n) is 4.29. The molecule has 0 bridgehead atoms. The van der Waals surface area contributed by atoms with Crippen LogP contribution in [-0.4, -0.2) is 24.0 Å². The third-order valence-corrected chi connectivity index (χ3v) is 4.29. The molecule has 0 aliphatic carbocycles. The highest BCUT2D eigenvalue weighted by Crippen LogP contribution is 2.23. The second-order valence-corrected chi connectivity index (χ2v) is 5.49. The van der Waals surface area contributed by atoms with Gasteiger partial charge in [0, 0.05) is 18.6 Å². The average Bonchev–Trinajstić information content (AvgIpc) is 2.84. The molecule has 0 saturated carbocycles. The maximum Gasteiger partial charge on any atom is 0.0309 e. The zero-order valence-corrected chi connectivity index (χ0v) is 11.7. The van der Waals surface area contributed by atoms with E-state index in [1.807, 2.05) is 0 Å². The van der Waals surface area contributed by atoms with Gasteiger partial charge in [0.1, 0.15) is 0 Å². The first-order valence-electron chi connectivity index (χ1n) is 7.27. The first-order valence-corrected chi connectivity index (χ1v) is 7.27. The Labute approximate surface area is 111 Å². The van der Waals surface area contributed by atoms with Crippen molar-refractivity contribution in [3.05, 3.63) is 35.4 Å². The molecule has 1 aliphatic rings. The van der Waals surface area contributed by atoms with E-state index in [4.69, 9.17) is 5.73 Å². The zero-order chi connectivity index (χ0) is 13.0. The summed E-state index contributed by atoms with van der Waals surface area (Å²) in [5.74, 6) is 0. The Morgan fingerprint density at radius 1 is 1.39 bits per heavy atom. The molecule has 0 spiro atoms. The SMILES string of the molecule is CCC1CCCN1CCC(N)c1ccccc1C. The van der Waals surface area contributed by atoms with Crippen molar-refractivity contribution < 1.29 is 0 Å². The molecule has 0 aromatic heterocycles. The summed E-state index contributed by atoms with van der Waals surface area (Å²) in [5, 5.41) is 0. The van der Waals surface area contributed by atoms with Gasteiger partial charge in [-0.05, 0) is 50.3 Å². The van der Waals surface area contributed by atoms with E-state index in [0.29, 0.717) is 0 Å². The van der Waals surface area contributed by atoms with E-state index in [1.165, 1.54) is 36.9 Å². The highest BCUT2D eigenvalue weighted by atomic mass is 15.2. The average molecular weight is 246 g/mol. The molecule has 2 N–H and O–H groups in total. The molecule has 100 valence electrons. The molecule has 2 unspecified atom stereocenters. The van der Waals surface area contributed by atoms with Crippen LogP contribution in [0.25, 0.3) is 0 Å². The second kappa shape index (κ2) is 6.35. The normalized spacial score (nSPS) is 22.3. The number of aryl methyl sites for hydroxylation is 1. The molecule has 0 radical (unpaired) electrons. The van der Waals surface area contributed by atoms with Crippen molar-refractivity contribution in [2.75, 3.05) is 13.1 Å². The molecule has 2 nitrogen and oxygen atoms in total. The van der Waals surface area contributed by atoms with Crippen LogP contribution in [0, 0.1) is 6.92 Å². The highest BCUT2D eigenvalue weighted by Gasteiger charge is 2.23. The number of likely N-dealkylation sites (tertiary alicyclic amines) is 1. The van der Waals surface area contributed by atoms with Gasteiger partial charge in [-0.1, -0.05) is 31.2 Å². The lowest BCUT2D eigenvalue weighted by atomic mass is 9.99. The van der Waals surface area contributed by atoms with E-state index < -0.39 is 0 Å². The van der Waals surface area contributed by atoms with Crippen molar-refractivity contribution in [3.8, 4) is 0 Å². The van der Waals surface area contributed by atoms with Gasteiger partial charge in [-0.15, -0.1) is 0 Å². The number of hydrogen-bond donors (Lipinski definition) is 1. The quantitative estimate of drug-likeness (QED) is 0.864. The fourth-order valence-electron chi connectivity index (χ4n) is 3.12. The fourth-order valence-corrected chi connectivity index (χ4v) is 3.12. The summed E-state index contributed by atoms with van der Waals surface area (Å²) >= 11 is 0. The van der Waals surface area contributed by atoms with Crippen LogP contribution in [0.5, 0.6) is 0 Å². The maximum atomic E-state index is 6.33. The van der Waals surface area contributed by atoms with Gasteiger partial charge in [-0.3, -0.25) is 0 Å². The topological polar surface area (TPSA) is 29.3 Å². The van der Waals surface area contributed by atoms with Crippen LogP contribution in [0.3, 0.4) is 0 Å². The van der Waals surface area contributed by atoms with Gasteiger partial charge in [-0.2, -0.15) is 0 Å². The van der Waals surface area contributed by atoms with Crippen molar-refractivity contribution in [3.63, 3.8) is 0 Å². The highest BCUT2D eigenvalue weighted by molar-refractivity contribution is 5.28. The van der Waals surface area contributed by atoms with E-state index in [1.54, 1.807) is 0 Å². The van der Waals surface area contributed by atoms with E-state index >= 15 is 0 Å². The molecule has 1 fully saturated rings. The Morgan fingerprint density at radius 3 is 2.89 bits per heavy atom. The molecule has 2 heteroatoms. The van der Waals surface area contributed by atoms with Crippen LogP contribution in [0.1, 0.15) is 49.8 Å². The third kappa shape index (κ3) is 3.12. The predicted octanol–water partition coefficient (Wildman–Crippen LogP) is 3.26. The van der Waals surface area contributed by atoms with Gasteiger partial charge >= 0.3 is 0 Å². The molecule has 1 saturated heterocycles. The van der Waals surface area contributed by atoms with E-state index in [-0.39, 0.29) is 6.04 Å². The fraction of sp³-hybridized carbons (Fsp3) is 0.625. The molecule has 1 aromatic carbocycles. The van der Waals surface area contributed by atoms with Crippen LogP contribution in [0.4, 0.5) is 0 Å². The Kier molecular flexibility index (Phi) is 4.79. The molecule has 1 aliphatic heterocycles. The number of nitrogens with zero attached hydrogens (tertiary/aromatic N) is 1. The molecule has 1 aromatic rings. The van der Waals surface area contributed by atoms with Crippen molar-refractivity contribution >= 4 is 0 Å².